The number of rotatable bonds is 7. The molecule has 0 bridgehead atoms. The summed E-state index contributed by atoms with van der Waals surface area (Å²) in [6, 6.07) is 7.95. The second kappa shape index (κ2) is 9.37. The van der Waals surface area contributed by atoms with Gasteiger partial charge in [-0.3, -0.25) is 0 Å². The van der Waals surface area contributed by atoms with Crippen LogP contribution in [-0.4, -0.2) is 62.0 Å². The number of methoxy groups -OCH3 is 1. The Morgan fingerprint density at radius 1 is 1.35 bits per heavy atom. The molecule has 2 rings (SSSR count). The highest BCUT2D eigenvalue weighted by Gasteiger charge is 2.22. The third kappa shape index (κ3) is 5.73. The summed E-state index contributed by atoms with van der Waals surface area (Å²) >= 11 is 0. The zero-order valence-electron chi connectivity index (χ0n) is 14.0. The van der Waals surface area contributed by atoms with Crippen LogP contribution in [0.3, 0.4) is 0 Å². The summed E-state index contributed by atoms with van der Waals surface area (Å²) < 4.78 is 10.5. The fourth-order valence-electron chi connectivity index (χ4n) is 2.46. The molecule has 0 aliphatic carbocycles. The number of β-amino-alcohol motifs (C(OH)–C–C–N with tert-alkyl or cyclic N) is 1. The van der Waals surface area contributed by atoms with Gasteiger partial charge < -0.3 is 24.8 Å². The number of hydrogen-bond acceptors (Lipinski definition) is 4. The Hall–Kier alpha value is -1.79. The number of aliphatic imine (C=N–C) groups is 1. The molecular weight excluding hydrogens is 294 g/mol. The van der Waals surface area contributed by atoms with E-state index in [0.717, 1.165) is 36.8 Å². The molecule has 1 aromatic rings. The Morgan fingerprint density at radius 3 is 2.74 bits per heavy atom. The summed E-state index contributed by atoms with van der Waals surface area (Å²) in [5.41, 5.74) is 1.12. The lowest BCUT2D eigenvalue weighted by Gasteiger charge is -2.20. The molecule has 0 radical (unpaired) electrons. The Kier molecular flexibility index (Phi) is 7.16. The van der Waals surface area contributed by atoms with Crippen molar-refractivity contribution in [3.05, 3.63) is 29.8 Å². The van der Waals surface area contributed by atoms with E-state index in [9.17, 15) is 5.11 Å². The first kappa shape index (κ1) is 17.6. The molecule has 2 N–H and O–H groups in total. The number of nitrogens with one attached hydrogen (secondary N) is 1. The molecule has 0 spiro atoms. The van der Waals surface area contributed by atoms with Gasteiger partial charge in [-0.2, -0.15) is 0 Å². The fourth-order valence-corrected chi connectivity index (χ4v) is 2.46. The van der Waals surface area contributed by atoms with Gasteiger partial charge >= 0.3 is 0 Å². The number of ether oxygens (including phenoxy) is 2. The maximum Gasteiger partial charge on any atom is 0.194 e. The number of hydrogen-bond donors (Lipinski definition) is 2. The molecule has 1 aliphatic heterocycles. The van der Waals surface area contributed by atoms with Crippen molar-refractivity contribution in [3.63, 3.8) is 0 Å². The van der Waals surface area contributed by atoms with Gasteiger partial charge in [-0.15, -0.1) is 0 Å². The monoisotopic (exact) mass is 321 g/mol. The zero-order valence-corrected chi connectivity index (χ0v) is 14.0. The van der Waals surface area contributed by atoms with Crippen LogP contribution in [0.25, 0.3) is 0 Å². The van der Waals surface area contributed by atoms with Crippen molar-refractivity contribution in [1.29, 1.82) is 0 Å². The Balaban J connectivity index is 1.90. The first-order valence-corrected chi connectivity index (χ1v) is 8.15. The first-order valence-electron chi connectivity index (χ1n) is 8.15. The molecule has 0 aromatic heterocycles. The molecule has 0 unspecified atom stereocenters. The third-order valence-electron chi connectivity index (χ3n) is 3.69. The first-order chi connectivity index (χ1) is 11.2. The molecule has 1 fully saturated rings. The predicted octanol–water partition coefficient (Wildman–Crippen LogP) is 1.24. The zero-order chi connectivity index (χ0) is 16.5. The summed E-state index contributed by atoms with van der Waals surface area (Å²) in [7, 11) is 1.66. The van der Waals surface area contributed by atoms with Crippen molar-refractivity contribution >= 4 is 5.96 Å². The summed E-state index contributed by atoms with van der Waals surface area (Å²) in [4.78, 5) is 6.77. The van der Waals surface area contributed by atoms with Crippen LogP contribution < -0.4 is 10.1 Å². The summed E-state index contributed by atoms with van der Waals surface area (Å²) in [5, 5.41) is 13.0. The Bertz CT molecular complexity index is 490. The highest BCUT2D eigenvalue weighted by Crippen LogP contribution is 2.14. The smallest absolute Gasteiger partial charge is 0.194 e. The molecule has 1 aromatic carbocycles. The van der Waals surface area contributed by atoms with E-state index >= 15 is 0 Å². The van der Waals surface area contributed by atoms with E-state index in [-0.39, 0.29) is 6.10 Å². The Morgan fingerprint density at radius 2 is 2.13 bits per heavy atom. The number of nitrogens with zero attached hydrogens (tertiary/aromatic N) is 2. The van der Waals surface area contributed by atoms with Gasteiger partial charge in [0.15, 0.2) is 5.96 Å². The topological polar surface area (TPSA) is 66.3 Å². The Labute approximate surface area is 138 Å². The van der Waals surface area contributed by atoms with Crippen molar-refractivity contribution in [2.24, 2.45) is 4.99 Å². The van der Waals surface area contributed by atoms with E-state index in [4.69, 9.17) is 9.47 Å². The summed E-state index contributed by atoms with van der Waals surface area (Å²) in [6.07, 6.45) is 0.556. The van der Waals surface area contributed by atoms with Crippen LogP contribution in [0.5, 0.6) is 5.75 Å². The standard InChI is InChI=1S/C17H27N3O3/c1-3-18-17(20-9-8-15(21)13-20)19-12-14-4-6-16(7-5-14)23-11-10-22-2/h4-7,15,21H,3,8-13H2,1-2H3,(H,18,19)/t15-/m1/s1. The third-order valence-corrected chi connectivity index (χ3v) is 3.69. The van der Waals surface area contributed by atoms with Crippen molar-refractivity contribution in [1.82, 2.24) is 10.2 Å². The minimum Gasteiger partial charge on any atom is -0.491 e. The van der Waals surface area contributed by atoms with Gasteiger partial charge in [0.2, 0.25) is 0 Å². The number of likely N-dealkylation sites (tertiary alicyclic amines) is 1. The molecule has 0 amide bonds. The lowest BCUT2D eigenvalue weighted by Crippen LogP contribution is -2.40. The average Bonchev–Trinajstić information content (AvgIpc) is 2.99. The van der Waals surface area contributed by atoms with Crippen LogP contribution in [0, 0.1) is 0 Å². The van der Waals surface area contributed by atoms with Crippen molar-refractivity contribution in [3.8, 4) is 5.75 Å². The van der Waals surface area contributed by atoms with Crippen LogP contribution in [-0.2, 0) is 11.3 Å². The maximum atomic E-state index is 9.67. The van der Waals surface area contributed by atoms with Crippen LogP contribution >= 0.6 is 0 Å². The average molecular weight is 321 g/mol. The van der Waals surface area contributed by atoms with E-state index in [1.54, 1.807) is 7.11 Å². The molecule has 1 atom stereocenters. The van der Waals surface area contributed by atoms with E-state index in [2.05, 4.69) is 15.2 Å². The van der Waals surface area contributed by atoms with Crippen LogP contribution in [0.15, 0.2) is 29.3 Å². The van der Waals surface area contributed by atoms with E-state index < -0.39 is 0 Å². The molecular formula is C17H27N3O3. The highest BCUT2D eigenvalue weighted by atomic mass is 16.5. The second-order valence-electron chi connectivity index (χ2n) is 5.54. The number of aliphatic hydroxyl groups excluding tert-OH is 1. The largest absolute Gasteiger partial charge is 0.491 e. The molecule has 1 aliphatic rings. The molecule has 1 heterocycles. The van der Waals surface area contributed by atoms with Gasteiger partial charge in [0.05, 0.1) is 19.3 Å². The molecule has 1 saturated heterocycles. The molecule has 6 heteroatoms. The fraction of sp³-hybridized carbons (Fsp3) is 0.588. The quantitative estimate of drug-likeness (QED) is 0.449. The lowest BCUT2D eigenvalue weighted by atomic mass is 10.2. The van der Waals surface area contributed by atoms with Crippen molar-refractivity contribution in [2.75, 3.05) is 40.0 Å². The minimum atomic E-state index is -0.248. The maximum absolute atomic E-state index is 9.67. The summed E-state index contributed by atoms with van der Waals surface area (Å²) in [6.45, 7) is 6.10. The van der Waals surface area contributed by atoms with E-state index in [0.29, 0.717) is 26.3 Å². The van der Waals surface area contributed by atoms with Crippen LogP contribution in [0.1, 0.15) is 18.9 Å². The number of guanidine groups is 1. The van der Waals surface area contributed by atoms with Gasteiger partial charge in [-0.05, 0) is 31.0 Å². The van der Waals surface area contributed by atoms with Crippen molar-refractivity contribution in [2.45, 2.75) is 26.0 Å². The highest BCUT2D eigenvalue weighted by molar-refractivity contribution is 5.80. The van der Waals surface area contributed by atoms with Crippen molar-refractivity contribution < 1.29 is 14.6 Å². The van der Waals surface area contributed by atoms with Crippen LogP contribution in [0.2, 0.25) is 0 Å². The normalized spacial score (nSPS) is 18.3. The minimum absolute atomic E-state index is 0.248. The molecule has 128 valence electrons. The lowest BCUT2D eigenvalue weighted by molar-refractivity contribution is 0.146. The van der Waals surface area contributed by atoms with Gasteiger partial charge in [-0.1, -0.05) is 12.1 Å². The molecule has 23 heavy (non-hydrogen) atoms. The molecule has 6 nitrogen and oxygen atoms in total. The van der Waals surface area contributed by atoms with Crippen LogP contribution in [0.4, 0.5) is 0 Å². The second-order valence-corrected chi connectivity index (χ2v) is 5.54. The van der Waals surface area contributed by atoms with Gasteiger partial charge in [-0.25, -0.2) is 4.99 Å². The van der Waals surface area contributed by atoms with Gasteiger partial charge in [0, 0.05) is 26.7 Å². The number of benzene rings is 1. The number of aliphatic hydroxyl groups is 1. The van der Waals surface area contributed by atoms with E-state index in [1.807, 2.05) is 31.2 Å². The van der Waals surface area contributed by atoms with Gasteiger partial charge in [0.1, 0.15) is 12.4 Å². The van der Waals surface area contributed by atoms with Gasteiger partial charge in [0.25, 0.3) is 0 Å². The SMILES string of the molecule is CCNC(=NCc1ccc(OCCOC)cc1)N1CC[C@@H](O)C1. The molecule has 0 saturated carbocycles. The predicted molar refractivity (Wildman–Crippen MR) is 90.8 cm³/mol. The summed E-state index contributed by atoms with van der Waals surface area (Å²) in [5.74, 6) is 1.70. The van der Waals surface area contributed by atoms with E-state index in [1.165, 1.54) is 0 Å².